The van der Waals surface area contributed by atoms with E-state index in [2.05, 4.69) is 5.43 Å². The van der Waals surface area contributed by atoms with Gasteiger partial charge in [-0.1, -0.05) is 0 Å². The van der Waals surface area contributed by atoms with Gasteiger partial charge in [-0.05, 0) is 26.6 Å². The molecule has 1 fully saturated rings. The molecule has 1 aromatic rings. The topological polar surface area (TPSA) is 108 Å². The molecule has 1 aliphatic heterocycles. The average molecular weight is 295 g/mol. The Labute approximate surface area is 123 Å². The van der Waals surface area contributed by atoms with Gasteiger partial charge in [-0.2, -0.15) is 0 Å². The van der Waals surface area contributed by atoms with Crippen molar-refractivity contribution in [2.75, 3.05) is 37.5 Å². The number of nitrogens with two attached hydrogens (primary N) is 1. The number of aliphatic hydroxyl groups excluding tert-OH is 1. The number of nitrogens with one attached hydrogen (secondary N) is 1. The van der Waals surface area contributed by atoms with Crippen LogP contribution >= 0.6 is 0 Å². The highest BCUT2D eigenvalue weighted by atomic mass is 16.6. The third-order valence-electron chi connectivity index (χ3n) is 3.58. The summed E-state index contributed by atoms with van der Waals surface area (Å²) in [5, 5.41) is 20.9. The van der Waals surface area contributed by atoms with Crippen LogP contribution in [-0.4, -0.2) is 54.3 Å². The van der Waals surface area contributed by atoms with E-state index in [0.717, 1.165) is 6.54 Å². The Morgan fingerprint density at radius 1 is 1.52 bits per heavy atom. The van der Waals surface area contributed by atoms with E-state index in [4.69, 9.17) is 5.84 Å². The molecule has 0 aliphatic carbocycles. The molecular weight excluding hydrogens is 274 g/mol. The highest BCUT2D eigenvalue weighted by Crippen LogP contribution is 2.31. The minimum Gasteiger partial charge on any atom is -0.391 e. The Kier molecular flexibility index (Phi) is 4.61. The number of anilines is 2. The first-order valence-electron chi connectivity index (χ1n) is 6.76. The maximum atomic E-state index is 11.0. The van der Waals surface area contributed by atoms with E-state index in [0.29, 0.717) is 24.3 Å². The Morgan fingerprint density at radius 2 is 2.24 bits per heavy atom. The van der Waals surface area contributed by atoms with Crippen LogP contribution in [0.4, 0.5) is 17.1 Å². The van der Waals surface area contributed by atoms with Crippen molar-refractivity contribution in [2.45, 2.75) is 18.6 Å². The van der Waals surface area contributed by atoms with Crippen LogP contribution in [-0.2, 0) is 0 Å². The van der Waals surface area contributed by atoms with Crippen molar-refractivity contribution in [3.05, 3.63) is 28.3 Å². The number of hydrogen-bond donors (Lipinski definition) is 3. The average Bonchev–Trinajstić information content (AvgIpc) is 2.78. The van der Waals surface area contributed by atoms with E-state index in [-0.39, 0.29) is 11.7 Å². The van der Waals surface area contributed by atoms with Crippen molar-refractivity contribution in [3.63, 3.8) is 0 Å². The summed E-state index contributed by atoms with van der Waals surface area (Å²) in [4.78, 5) is 14.6. The Hall–Kier alpha value is -1.90. The van der Waals surface area contributed by atoms with Crippen molar-refractivity contribution in [1.82, 2.24) is 4.90 Å². The molecule has 2 unspecified atom stereocenters. The molecule has 0 spiro atoms. The van der Waals surface area contributed by atoms with Crippen molar-refractivity contribution >= 4 is 17.1 Å². The third-order valence-corrected chi connectivity index (χ3v) is 3.58. The quantitative estimate of drug-likeness (QED) is 0.409. The predicted octanol–water partition coefficient (Wildman–Crippen LogP) is 0.382. The first kappa shape index (κ1) is 15.5. The maximum Gasteiger partial charge on any atom is 0.273 e. The SMILES string of the molecule is CN(C)CC1CC(O)CN1c1cc(NN)cc([N+](=O)[O-])c1. The van der Waals surface area contributed by atoms with E-state index in [1.165, 1.54) is 12.1 Å². The van der Waals surface area contributed by atoms with Crippen molar-refractivity contribution in [1.29, 1.82) is 0 Å². The minimum absolute atomic E-state index is 0.0227. The van der Waals surface area contributed by atoms with E-state index < -0.39 is 11.0 Å². The number of nitrogen functional groups attached to an aromatic ring is 1. The monoisotopic (exact) mass is 295 g/mol. The summed E-state index contributed by atoms with van der Waals surface area (Å²) in [6.07, 6.45) is 0.218. The zero-order chi connectivity index (χ0) is 15.6. The van der Waals surface area contributed by atoms with Gasteiger partial charge in [0.05, 0.1) is 16.7 Å². The highest BCUT2D eigenvalue weighted by molar-refractivity contribution is 5.65. The zero-order valence-electron chi connectivity index (χ0n) is 12.2. The van der Waals surface area contributed by atoms with Gasteiger partial charge in [0.2, 0.25) is 0 Å². The summed E-state index contributed by atoms with van der Waals surface area (Å²) in [7, 11) is 3.92. The lowest BCUT2D eigenvalue weighted by Crippen LogP contribution is -2.37. The fraction of sp³-hybridized carbons (Fsp3) is 0.538. The normalized spacial score (nSPS) is 21.9. The number of non-ortho nitro benzene ring substituents is 1. The number of aliphatic hydroxyl groups is 1. The van der Waals surface area contributed by atoms with Gasteiger partial charge in [-0.3, -0.25) is 16.0 Å². The smallest absolute Gasteiger partial charge is 0.273 e. The zero-order valence-corrected chi connectivity index (χ0v) is 12.2. The molecule has 8 heteroatoms. The molecule has 1 aromatic carbocycles. The van der Waals surface area contributed by atoms with Crippen LogP contribution in [0.5, 0.6) is 0 Å². The Bertz CT molecular complexity index is 523. The van der Waals surface area contributed by atoms with Crippen LogP contribution in [0, 0.1) is 10.1 Å². The number of nitro benzene ring substituents is 1. The minimum atomic E-state index is -0.447. The maximum absolute atomic E-state index is 11.0. The summed E-state index contributed by atoms with van der Waals surface area (Å²) in [5.41, 5.74) is 3.60. The molecule has 0 bridgehead atoms. The van der Waals surface area contributed by atoms with Gasteiger partial charge in [-0.15, -0.1) is 0 Å². The van der Waals surface area contributed by atoms with Crippen LogP contribution in [0.25, 0.3) is 0 Å². The largest absolute Gasteiger partial charge is 0.391 e. The number of likely N-dealkylation sites (N-methyl/N-ethyl adjacent to an activating group) is 1. The molecule has 0 radical (unpaired) electrons. The first-order valence-corrected chi connectivity index (χ1v) is 6.76. The van der Waals surface area contributed by atoms with Crippen LogP contribution in [0.2, 0.25) is 0 Å². The molecule has 0 aromatic heterocycles. The van der Waals surface area contributed by atoms with Crippen molar-refractivity contribution in [2.24, 2.45) is 5.84 Å². The second-order valence-corrected chi connectivity index (χ2v) is 5.60. The van der Waals surface area contributed by atoms with Gasteiger partial charge in [0, 0.05) is 37.0 Å². The van der Waals surface area contributed by atoms with Crippen LogP contribution in [0.3, 0.4) is 0 Å². The predicted molar refractivity (Wildman–Crippen MR) is 81.2 cm³/mol. The summed E-state index contributed by atoms with van der Waals surface area (Å²) in [6.45, 7) is 1.23. The van der Waals surface area contributed by atoms with Crippen molar-refractivity contribution < 1.29 is 10.0 Å². The van der Waals surface area contributed by atoms with E-state index in [1.54, 1.807) is 6.07 Å². The van der Waals surface area contributed by atoms with Gasteiger partial charge in [0.25, 0.3) is 5.69 Å². The number of hydrazine groups is 1. The molecule has 2 rings (SSSR count). The fourth-order valence-electron chi connectivity index (χ4n) is 2.75. The summed E-state index contributed by atoms with van der Waals surface area (Å²) >= 11 is 0. The fourth-order valence-corrected chi connectivity index (χ4v) is 2.75. The summed E-state index contributed by atoms with van der Waals surface area (Å²) in [6, 6.07) is 4.77. The third kappa shape index (κ3) is 3.60. The molecule has 1 aliphatic rings. The van der Waals surface area contributed by atoms with Crippen LogP contribution in [0.1, 0.15) is 6.42 Å². The molecular formula is C13H21N5O3. The van der Waals surface area contributed by atoms with E-state index >= 15 is 0 Å². The Morgan fingerprint density at radius 3 is 2.81 bits per heavy atom. The van der Waals surface area contributed by atoms with Gasteiger partial charge in [-0.25, -0.2) is 0 Å². The molecule has 1 saturated heterocycles. The number of rotatable bonds is 5. The van der Waals surface area contributed by atoms with Gasteiger partial charge in [0.1, 0.15) is 0 Å². The molecule has 4 N–H and O–H groups in total. The molecule has 1 heterocycles. The molecule has 0 saturated carbocycles. The molecule has 0 amide bonds. The number of β-amino-alcohol motifs (C(OH)–C–C–N with tert-alkyl or cyclic N) is 1. The lowest BCUT2D eigenvalue weighted by Gasteiger charge is -2.28. The van der Waals surface area contributed by atoms with E-state index in [9.17, 15) is 15.2 Å². The number of benzene rings is 1. The van der Waals surface area contributed by atoms with Crippen molar-refractivity contribution in [3.8, 4) is 0 Å². The molecule has 2 atom stereocenters. The first-order chi connectivity index (χ1) is 9.90. The summed E-state index contributed by atoms with van der Waals surface area (Å²) < 4.78 is 0. The number of nitro groups is 1. The van der Waals surface area contributed by atoms with Gasteiger partial charge < -0.3 is 20.3 Å². The van der Waals surface area contributed by atoms with Gasteiger partial charge in [0.15, 0.2) is 0 Å². The molecule has 116 valence electrons. The van der Waals surface area contributed by atoms with Crippen LogP contribution < -0.4 is 16.2 Å². The lowest BCUT2D eigenvalue weighted by molar-refractivity contribution is -0.384. The lowest BCUT2D eigenvalue weighted by atomic mass is 10.1. The second-order valence-electron chi connectivity index (χ2n) is 5.60. The Balaban J connectivity index is 2.34. The highest BCUT2D eigenvalue weighted by Gasteiger charge is 2.32. The number of nitrogens with zero attached hydrogens (tertiary/aromatic N) is 3. The second kappa shape index (κ2) is 6.25. The standard InChI is InChI=1S/C13H21N5O3/c1-16(2)7-12-6-13(19)8-17(12)10-3-9(15-14)4-11(5-10)18(20)21/h3-5,12-13,15,19H,6-8,14H2,1-2H3. The summed E-state index contributed by atoms with van der Waals surface area (Å²) in [5.74, 6) is 5.38. The number of hydrogen-bond acceptors (Lipinski definition) is 7. The van der Waals surface area contributed by atoms with E-state index in [1.807, 2.05) is 23.9 Å². The molecule has 21 heavy (non-hydrogen) atoms. The van der Waals surface area contributed by atoms with Crippen LogP contribution in [0.15, 0.2) is 18.2 Å². The molecule has 8 nitrogen and oxygen atoms in total. The van der Waals surface area contributed by atoms with Gasteiger partial charge >= 0.3 is 0 Å².